The molecule has 17 heavy (non-hydrogen) atoms. The highest BCUT2D eigenvalue weighted by atomic mass is 35.5. The van der Waals surface area contributed by atoms with Gasteiger partial charge in [-0.05, 0) is 12.8 Å². The minimum Gasteiger partial charge on any atom is -0.491 e. The number of hydrogen-bond acceptors (Lipinski definition) is 3. The Morgan fingerprint density at radius 2 is 1.76 bits per heavy atom. The zero-order chi connectivity index (χ0) is 11.7. The molecule has 1 fully saturated rings. The number of halogens is 3. The Morgan fingerprint density at radius 3 is 2.18 bits per heavy atom. The molecule has 0 aromatic heterocycles. The van der Waals surface area contributed by atoms with Gasteiger partial charge < -0.3 is 15.2 Å². The minimum absolute atomic E-state index is 0. The van der Waals surface area contributed by atoms with Crippen molar-refractivity contribution in [1.82, 2.24) is 0 Å². The summed E-state index contributed by atoms with van der Waals surface area (Å²) < 4.78 is 36.5. The molecule has 96 valence electrons. The van der Waals surface area contributed by atoms with E-state index in [2.05, 4.69) is 4.74 Å². The average molecular weight is 266 g/mol. The number of rotatable bonds is 3. The molecule has 1 saturated carbocycles. The monoisotopic (exact) mass is 265 g/mol. The molecule has 0 spiro atoms. The van der Waals surface area contributed by atoms with E-state index in [0.29, 0.717) is 0 Å². The third-order valence-corrected chi connectivity index (χ3v) is 2.61. The van der Waals surface area contributed by atoms with Gasteiger partial charge in [0.05, 0.1) is 7.11 Å². The first-order chi connectivity index (χ1) is 7.60. The first-order valence-corrected chi connectivity index (χ1v) is 5.05. The Morgan fingerprint density at radius 1 is 1.24 bits per heavy atom. The maximum Gasteiger partial charge on any atom is 0.190 e. The van der Waals surface area contributed by atoms with Crippen molar-refractivity contribution in [3.63, 3.8) is 0 Å². The number of hydrogen-bond donors (Lipinski definition) is 1. The molecule has 3 nitrogen and oxygen atoms in total. The second-order valence-electron chi connectivity index (χ2n) is 3.89. The van der Waals surface area contributed by atoms with E-state index in [1.54, 1.807) is 0 Å². The lowest BCUT2D eigenvalue weighted by molar-refractivity contribution is 0.0999. The zero-order valence-corrected chi connectivity index (χ0v) is 10.1. The lowest BCUT2D eigenvalue weighted by atomic mass is 9.90. The number of ether oxygens (including phenoxy) is 2. The molecule has 1 aromatic carbocycles. The summed E-state index contributed by atoms with van der Waals surface area (Å²) in [5, 5.41) is 0. The summed E-state index contributed by atoms with van der Waals surface area (Å²) in [7, 11) is 1.22. The summed E-state index contributed by atoms with van der Waals surface area (Å²) in [5.41, 5.74) is 5.58. The van der Waals surface area contributed by atoms with Crippen LogP contribution in [-0.4, -0.2) is 19.3 Å². The first kappa shape index (κ1) is 14.0. The van der Waals surface area contributed by atoms with Crippen LogP contribution in [0.2, 0.25) is 0 Å². The van der Waals surface area contributed by atoms with E-state index in [4.69, 9.17) is 10.5 Å². The quantitative estimate of drug-likeness (QED) is 0.912. The SMILES string of the molecule is COc1c(F)cc(OC2CC(N)C2)cc1F.Cl. The van der Waals surface area contributed by atoms with E-state index in [1.165, 1.54) is 7.11 Å². The maximum absolute atomic E-state index is 13.3. The Kier molecular flexibility index (Phi) is 4.54. The number of benzene rings is 1. The molecular weight excluding hydrogens is 252 g/mol. The van der Waals surface area contributed by atoms with Crippen LogP contribution in [0.15, 0.2) is 12.1 Å². The Bertz CT molecular complexity index is 374. The summed E-state index contributed by atoms with van der Waals surface area (Å²) in [4.78, 5) is 0. The van der Waals surface area contributed by atoms with Gasteiger partial charge in [-0.15, -0.1) is 12.4 Å². The van der Waals surface area contributed by atoms with Crippen molar-refractivity contribution < 1.29 is 18.3 Å². The second-order valence-corrected chi connectivity index (χ2v) is 3.89. The van der Waals surface area contributed by atoms with Gasteiger partial charge in [-0.1, -0.05) is 0 Å². The summed E-state index contributed by atoms with van der Waals surface area (Å²) in [6.07, 6.45) is 1.40. The van der Waals surface area contributed by atoms with Gasteiger partial charge in [0.2, 0.25) is 0 Å². The van der Waals surface area contributed by atoms with Gasteiger partial charge in [-0.3, -0.25) is 0 Å². The van der Waals surface area contributed by atoms with Gasteiger partial charge in [0.15, 0.2) is 17.4 Å². The lowest BCUT2D eigenvalue weighted by Crippen LogP contribution is -2.43. The molecule has 1 aromatic rings. The van der Waals surface area contributed by atoms with Gasteiger partial charge in [0.25, 0.3) is 0 Å². The maximum atomic E-state index is 13.3. The van der Waals surface area contributed by atoms with Crippen LogP contribution in [0.1, 0.15) is 12.8 Å². The van der Waals surface area contributed by atoms with Crippen molar-refractivity contribution in [3.8, 4) is 11.5 Å². The molecular formula is C11H14ClF2NO2. The fraction of sp³-hybridized carbons (Fsp3) is 0.455. The molecule has 1 aliphatic carbocycles. The van der Waals surface area contributed by atoms with Crippen molar-refractivity contribution in [2.24, 2.45) is 5.73 Å². The van der Waals surface area contributed by atoms with E-state index in [9.17, 15) is 8.78 Å². The van der Waals surface area contributed by atoms with Crippen LogP contribution in [0.4, 0.5) is 8.78 Å². The molecule has 0 amide bonds. The molecule has 0 aliphatic heterocycles. The van der Waals surface area contributed by atoms with Crippen molar-refractivity contribution in [3.05, 3.63) is 23.8 Å². The first-order valence-electron chi connectivity index (χ1n) is 5.05. The van der Waals surface area contributed by atoms with Gasteiger partial charge in [0.1, 0.15) is 11.9 Å². The van der Waals surface area contributed by atoms with Crippen LogP contribution in [0.25, 0.3) is 0 Å². The molecule has 0 atom stereocenters. The second kappa shape index (κ2) is 5.51. The third-order valence-electron chi connectivity index (χ3n) is 2.61. The number of nitrogens with two attached hydrogens (primary N) is 1. The lowest BCUT2D eigenvalue weighted by Gasteiger charge is -2.32. The van der Waals surface area contributed by atoms with Crippen LogP contribution in [0, 0.1) is 11.6 Å². The van der Waals surface area contributed by atoms with E-state index in [1.807, 2.05) is 0 Å². The van der Waals surface area contributed by atoms with Gasteiger partial charge in [-0.2, -0.15) is 0 Å². The van der Waals surface area contributed by atoms with Crippen molar-refractivity contribution >= 4 is 12.4 Å². The van der Waals surface area contributed by atoms with Gasteiger partial charge in [-0.25, -0.2) is 8.78 Å². The summed E-state index contributed by atoms with van der Waals surface area (Å²) in [6.45, 7) is 0. The molecule has 0 saturated heterocycles. The minimum atomic E-state index is -0.763. The van der Waals surface area contributed by atoms with Crippen LogP contribution >= 0.6 is 12.4 Å². The largest absolute Gasteiger partial charge is 0.491 e. The summed E-state index contributed by atoms with van der Waals surface area (Å²) >= 11 is 0. The average Bonchev–Trinajstić information content (AvgIpc) is 2.15. The fourth-order valence-electron chi connectivity index (χ4n) is 1.69. The van der Waals surface area contributed by atoms with E-state index >= 15 is 0 Å². The molecule has 1 aliphatic rings. The smallest absolute Gasteiger partial charge is 0.190 e. The highest BCUT2D eigenvalue weighted by Gasteiger charge is 2.28. The normalized spacial score (nSPS) is 22.4. The Hall–Kier alpha value is -1.07. The molecule has 0 bridgehead atoms. The van der Waals surface area contributed by atoms with E-state index in [-0.39, 0.29) is 30.3 Å². The topological polar surface area (TPSA) is 44.5 Å². The molecule has 0 heterocycles. The van der Waals surface area contributed by atoms with Crippen molar-refractivity contribution in [2.75, 3.05) is 7.11 Å². The molecule has 0 unspecified atom stereocenters. The van der Waals surface area contributed by atoms with Gasteiger partial charge >= 0.3 is 0 Å². The standard InChI is InChI=1S/C11H13F2NO2.ClH/c1-15-11-9(12)4-8(5-10(11)13)16-7-2-6(14)3-7;/h4-7H,2-3,14H2,1H3;1H. The molecule has 2 N–H and O–H groups in total. The predicted octanol–water partition coefficient (Wildman–Crippen LogP) is 2.26. The summed E-state index contributed by atoms with van der Waals surface area (Å²) in [6, 6.07) is 2.37. The Labute approximate surface area is 104 Å². The highest BCUT2D eigenvalue weighted by molar-refractivity contribution is 5.85. The van der Waals surface area contributed by atoms with Gasteiger partial charge in [0, 0.05) is 18.2 Å². The molecule has 6 heteroatoms. The fourth-order valence-corrected chi connectivity index (χ4v) is 1.69. The van der Waals surface area contributed by atoms with Crippen LogP contribution in [0.3, 0.4) is 0 Å². The van der Waals surface area contributed by atoms with Crippen LogP contribution in [-0.2, 0) is 0 Å². The molecule has 0 radical (unpaired) electrons. The van der Waals surface area contributed by atoms with Crippen molar-refractivity contribution in [1.29, 1.82) is 0 Å². The highest BCUT2D eigenvalue weighted by Crippen LogP contribution is 2.30. The summed E-state index contributed by atoms with van der Waals surface area (Å²) in [5.74, 6) is -1.74. The van der Waals surface area contributed by atoms with Crippen molar-refractivity contribution in [2.45, 2.75) is 25.0 Å². The van der Waals surface area contributed by atoms with Crippen LogP contribution < -0.4 is 15.2 Å². The van der Waals surface area contributed by atoms with Crippen LogP contribution in [0.5, 0.6) is 11.5 Å². The van der Waals surface area contributed by atoms with E-state index in [0.717, 1.165) is 25.0 Å². The third kappa shape index (κ3) is 2.98. The van der Waals surface area contributed by atoms with E-state index < -0.39 is 17.4 Å². The number of methoxy groups -OCH3 is 1. The molecule has 2 rings (SSSR count). The Balaban J connectivity index is 0.00000144. The zero-order valence-electron chi connectivity index (χ0n) is 9.28. The predicted molar refractivity (Wildman–Crippen MR) is 61.8 cm³/mol.